The topological polar surface area (TPSA) is 54.0 Å². The Balaban J connectivity index is 2.64. The number of amides is 1. The van der Waals surface area contributed by atoms with Gasteiger partial charge >= 0.3 is 0 Å². The highest BCUT2D eigenvalue weighted by molar-refractivity contribution is 6.32. The minimum atomic E-state index is -0.387. The van der Waals surface area contributed by atoms with Gasteiger partial charge in [-0.25, -0.2) is 4.98 Å². The maximum Gasteiger partial charge on any atom is 0.242 e. The van der Waals surface area contributed by atoms with Crippen LogP contribution < -0.4 is 10.6 Å². The minimum Gasteiger partial charge on any atom is -0.357 e. The third kappa shape index (κ3) is 4.61. The van der Waals surface area contributed by atoms with Crippen molar-refractivity contribution in [1.29, 1.82) is 0 Å². The molecule has 0 aliphatic carbocycles. The average Bonchev–Trinajstić information content (AvgIpc) is 2.18. The van der Waals surface area contributed by atoms with Crippen LogP contribution in [0.1, 0.15) is 27.7 Å². The standard InChI is InChI=1S/C12H18ClN3O/c1-8(11(17)16-12(2,3)4)15-10-9(13)6-5-7-14-10/h5-8H,1-4H3,(H,14,15)(H,16,17). The number of hydrogen-bond donors (Lipinski definition) is 2. The largest absolute Gasteiger partial charge is 0.357 e. The smallest absolute Gasteiger partial charge is 0.242 e. The summed E-state index contributed by atoms with van der Waals surface area (Å²) >= 11 is 5.95. The quantitative estimate of drug-likeness (QED) is 0.872. The van der Waals surface area contributed by atoms with Gasteiger partial charge in [-0.05, 0) is 39.8 Å². The molecule has 1 aromatic rings. The van der Waals surface area contributed by atoms with E-state index < -0.39 is 0 Å². The third-order valence-electron chi connectivity index (χ3n) is 2.00. The van der Waals surface area contributed by atoms with E-state index in [1.54, 1.807) is 25.3 Å². The van der Waals surface area contributed by atoms with Crippen LogP contribution >= 0.6 is 11.6 Å². The molecular formula is C12H18ClN3O. The van der Waals surface area contributed by atoms with Crippen molar-refractivity contribution in [2.75, 3.05) is 5.32 Å². The van der Waals surface area contributed by atoms with Crippen LogP contribution in [0.4, 0.5) is 5.82 Å². The molecule has 1 heterocycles. The molecule has 1 amide bonds. The zero-order valence-electron chi connectivity index (χ0n) is 10.5. The number of nitrogens with one attached hydrogen (secondary N) is 2. The number of nitrogens with zero attached hydrogens (tertiary/aromatic N) is 1. The molecule has 94 valence electrons. The van der Waals surface area contributed by atoms with Gasteiger partial charge in [0.25, 0.3) is 0 Å². The first-order valence-electron chi connectivity index (χ1n) is 5.48. The molecular weight excluding hydrogens is 238 g/mol. The Bertz CT molecular complexity index is 401. The molecule has 0 saturated heterocycles. The summed E-state index contributed by atoms with van der Waals surface area (Å²) in [6.45, 7) is 7.58. The van der Waals surface area contributed by atoms with Crippen LogP contribution in [0.5, 0.6) is 0 Å². The van der Waals surface area contributed by atoms with Crippen LogP contribution in [0.25, 0.3) is 0 Å². The first kappa shape index (κ1) is 13.8. The Morgan fingerprint density at radius 2 is 2.12 bits per heavy atom. The highest BCUT2D eigenvalue weighted by atomic mass is 35.5. The van der Waals surface area contributed by atoms with E-state index in [4.69, 9.17) is 11.6 Å². The summed E-state index contributed by atoms with van der Waals surface area (Å²) in [7, 11) is 0. The van der Waals surface area contributed by atoms with Crippen LogP contribution in [0.2, 0.25) is 5.02 Å². The third-order valence-corrected chi connectivity index (χ3v) is 2.31. The predicted octanol–water partition coefficient (Wildman–Crippen LogP) is 2.45. The van der Waals surface area contributed by atoms with E-state index in [1.165, 1.54) is 0 Å². The fourth-order valence-electron chi connectivity index (χ4n) is 1.24. The van der Waals surface area contributed by atoms with E-state index in [1.807, 2.05) is 20.8 Å². The summed E-state index contributed by atoms with van der Waals surface area (Å²) in [5.74, 6) is 0.435. The van der Waals surface area contributed by atoms with Gasteiger partial charge < -0.3 is 10.6 Å². The van der Waals surface area contributed by atoms with Gasteiger partial charge in [-0.15, -0.1) is 0 Å². The Kier molecular flexibility index (Phi) is 4.34. The Morgan fingerprint density at radius 3 is 2.65 bits per heavy atom. The molecule has 17 heavy (non-hydrogen) atoms. The number of halogens is 1. The molecule has 0 spiro atoms. The molecule has 0 bridgehead atoms. The number of aromatic nitrogens is 1. The number of pyridine rings is 1. The van der Waals surface area contributed by atoms with Crippen molar-refractivity contribution in [3.8, 4) is 0 Å². The molecule has 0 radical (unpaired) electrons. The highest BCUT2D eigenvalue weighted by Crippen LogP contribution is 2.18. The van der Waals surface area contributed by atoms with E-state index in [-0.39, 0.29) is 17.5 Å². The van der Waals surface area contributed by atoms with E-state index >= 15 is 0 Å². The molecule has 0 saturated carbocycles. The molecule has 5 heteroatoms. The maximum atomic E-state index is 11.8. The SMILES string of the molecule is CC(Nc1ncccc1Cl)C(=O)NC(C)(C)C. The fourth-order valence-corrected chi connectivity index (χ4v) is 1.42. The monoisotopic (exact) mass is 255 g/mol. The summed E-state index contributed by atoms with van der Waals surface area (Å²) in [6.07, 6.45) is 1.63. The Labute approximate surface area is 107 Å². The molecule has 1 unspecified atom stereocenters. The number of carbonyl (C=O) groups excluding carboxylic acids is 1. The number of hydrogen-bond acceptors (Lipinski definition) is 3. The summed E-state index contributed by atoms with van der Waals surface area (Å²) in [5.41, 5.74) is -0.249. The second kappa shape index (κ2) is 5.36. The predicted molar refractivity (Wildman–Crippen MR) is 70.2 cm³/mol. The molecule has 4 nitrogen and oxygen atoms in total. The lowest BCUT2D eigenvalue weighted by atomic mass is 10.1. The fraction of sp³-hybridized carbons (Fsp3) is 0.500. The second-order valence-corrected chi connectivity index (χ2v) is 5.35. The van der Waals surface area contributed by atoms with Crippen molar-refractivity contribution < 1.29 is 4.79 Å². The van der Waals surface area contributed by atoms with Gasteiger partial charge in [-0.2, -0.15) is 0 Å². The first-order chi connectivity index (χ1) is 7.79. The summed E-state index contributed by atoms with van der Waals surface area (Å²) in [5, 5.41) is 6.37. The van der Waals surface area contributed by atoms with Crippen molar-refractivity contribution in [1.82, 2.24) is 10.3 Å². The van der Waals surface area contributed by atoms with Gasteiger partial charge in [0.15, 0.2) is 0 Å². The Morgan fingerprint density at radius 1 is 1.47 bits per heavy atom. The van der Waals surface area contributed by atoms with Gasteiger partial charge in [0.2, 0.25) is 5.91 Å². The van der Waals surface area contributed by atoms with Gasteiger partial charge in [0, 0.05) is 11.7 Å². The zero-order chi connectivity index (χ0) is 13.1. The summed E-state index contributed by atoms with van der Waals surface area (Å²) < 4.78 is 0. The lowest BCUT2D eigenvalue weighted by molar-refractivity contribution is -0.122. The van der Waals surface area contributed by atoms with Crippen molar-refractivity contribution in [2.24, 2.45) is 0 Å². The molecule has 0 fully saturated rings. The summed E-state index contributed by atoms with van der Waals surface area (Å²) in [6, 6.07) is 3.08. The summed E-state index contributed by atoms with van der Waals surface area (Å²) in [4.78, 5) is 15.9. The van der Waals surface area contributed by atoms with Crippen LogP contribution in [0, 0.1) is 0 Å². The van der Waals surface area contributed by atoms with Crippen molar-refractivity contribution in [3.05, 3.63) is 23.4 Å². The van der Waals surface area contributed by atoms with Crippen LogP contribution in [-0.4, -0.2) is 22.5 Å². The first-order valence-corrected chi connectivity index (χ1v) is 5.86. The van der Waals surface area contributed by atoms with Crippen molar-refractivity contribution in [3.63, 3.8) is 0 Å². The highest BCUT2D eigenvalue weighted by Gasteiger charge is 2.19. The van der Waals surface area contributed by atoms with Crippen LogP contribution in [-0.2, 0) is 4.79 Å². The van der Waals surface area contributed by atoms with Gasteiger partial charge in [0.05, 0.1) is 5.02 Å². The lowest BCUT2D eigenvalue weighted by Gasteiger charge is -2.24. The maximum absolute atomic E-state index is 11.8. The van der Waals surface area contributed by atoms with Gasteiger partial charge in [-0.1, -0.05) is 11.6 Å². The average molecular weight is 256 g/mol. The van der Waals surface area contributed by atoms with E-state index in [0.717, 1.165) is 0 Å². The van der Waals surface area contributed by atoms with Gasteiger partial charge in [0.1, 0.15) is 11.9 Å². The second-order valence-electron chi connectivity index (χ2n) is 4.94. The minimum absolute atomic E-state index is 0.0841. The molecule has 2 N–H and O–H groups in total. The molecule has 1 atom stereocenters. The van der Waals surface area contributed by atoms with Crippen LogP contribution in [0.15, 0.2) is 18.3 Å². The van der Waals surface area contributed by atoms with Crippen molar-refractivity contribution in [2.45, 2.75) is 39.3 Å². The van der Waals surface area contributed by atoms with E-state index in [0.29, 0.717) is 10.8 Å². The number of carbonyl (C=O) groups is 1. The zero-order valence-corrected chi connectivity index (χ0v) is 11.3. The number of anilines is 1. The Hall–Kier alpha value is -1.29. The number of rotatable bonds is 3. The van der Waals surface area contributed by atoms with Crippen LogP contribution in [0.3, 0.4) is 0 Å². The molecule has 0 aliphatic rings. The lowest BCUT2D eigenvalue weighted by Crippen LogP contribution is -2.47. The normalized spacial score (nSPS) is 13.0. The van der Waals surface area contributed by atoms with E-state index in [2.05, 4.69) is 15.6 Å². The molecule has 1 aromatic heterocycles. The van der Waals surface area contributed by atoms with Gasteiger partial charge in [-0.3, -0.25) is 4.79 Å². The van der Waals surface area contributed by atoms with E-state index in [9.17, 15) is 4.79 Å². The molecule has 1 rings (SSSR count). The molecule has 0 aliphatic heterocycles. The van der Waals surface area contributed by atoms with Crippen molar-refractivity contribution >= 4 is 23.3 Å². The molecule has 0 aromatic carbocycles.